The van der Waals surface area contributed by atoms with Gasteiger partial charge < -0.3 is 15.5 Å². The maximum atomic E-state index is 4.57. The Hall–Kier alpha value is -0.410. The van der Waals surface area contributed by atoms with Crippen LogP contribution in [0.15, 0.2) is 10.4 Å². The first-order valence-electron chi connectivity index (χ1n) is 8.75. The third kappa shape index (κ3) is 9.17. The number of hydrogen-bond acceptors (Lipinski definition) is 4. The number of halogens is 1. The van der Waals surface area contributed by atoms with Crippen molar-refractivity contribution < 1.29 is 0 Å². The van der Waals surface area contributed by atoms with Gasteiger partial charge >= 0.3 is 0 Å². The molecule has 24 heavy (non-hydrogen) atoms. The number of guanidine groups is 1. The summed E-state index contributed by atoms with van der Waals surface area (Å²) in [5.74, 6) is 0.853. The van der Waals surface area contributed by atoms with Crippen LogP contribution >= 0.6 is 35.3 Å². The van der Waals surface area contributed by atoms with Crippen molar-refractivity contribution in [2.75, 3.05) is 26.7 Å². The van der Waals surface area contributed by atoms with E-state index >= 15 is 0 Å². The first-order valence-corrected chi connectivity index (χ1v) is 9.63. The maximum absolute atomic E-state index is 4.57. The predicted octanol–water partition coefficient (Wildman–Crippen LogP) is 3.50. The summed E-state index contributed by atoms with van der Waals surface area (Å²) in [6.07, 6.45) is 3.36. The summed E-state index contributed by atoms with van der Waals surface area (Å²) in [4.78, 5) is 11.3. The molecule has 1 heterocycles. The zero-order valence-corrected chi connectivity index (χ0v) is 18.9. The van der Waals surface area contributed by atoms with Crippen LogP contribution in [0.1, 0.15) is 51.2 Å². The lowest BCUT2D eigenvalue weighted by atomic mass is 10.2. The van der Waals surface area contributed by atoms with Crippen molar-refractivity contribution in [3.63, 3.8) is 0 Å². The van der Waals surface area contributed by atoms with E-state index in [1.807, 2.05) is 7.05 Å². The van der Waals surface area contributed by atoms with Crippen LogP contribution in [-0.4, -0.2) is 48.6 Å². The minimum Gasteiger partial charge on any atom is -0.354 e. The fraction of sp³-hybridized carbons (Fsp3) is 0.765. The quantitative estimate of drug-likeness (QED) is 0.314. The number of nitrogens with one attached hydrogen (secondary N) is 2. The molecule has 0 aliphatic rings. The third-order valence-electron chi connectivity index (χ3n) is 3.95. The molecule has 0 saturated heterocycles. The van der Waals surface area contributed by atoms with Crippen molar-refractivity contribution in [1.29, 1.82) is 0 Å². The number of aromatic nitrogens is 1. The van der Waals surface area contributed by atoms with Gasteiger partial charge in [0.05, 0.1) is 17.2 Å². The molecule has 0 aliphatic carbocycles. The fourth-order valence-corrected chi connectivity index (χ4v) is 3.17. The molecule has 1 atom stereocenters. The van der Waals surface area contributed by atoms with Gasteiger partial charge in [-0.3, -0.25) is 4.99 Å². The van der Waals surface area contributed by atoms with Crippen molar-refractivity contribution in [3.8, 4) is 0 Å². The van der Waals surface area contributed by atoms with E-state index in [4.69, 9.17) is 0 Å². The van der Waals surface area contributed by atoms with Crippen LogP contribution in [0.4, 0.5) is 0 Å². The first kappa shape index (κ1) is 23.6. The molecule has 1 aromatic rings. The van der Waals surface area contributed by atoms with Crippen molar-refractivity contribution in [1.82, 2.24) is 20.5 Å². The molecule has 7 heteroatoms. The molecule has 0 bridgehead atoms. The van der Waals surface area contributed by atoms with E-state index in [2.05, 4.69) is 58.6 Å². The van der Waals surface area contributed by atoms with Gasteiger partial charge in [0.15, 0.2) is 5.96 Å². The average molecular weight is 467 g/mol. The molecule has 1 rings (SSSR count). The Morgan fingerprint density at radius 3 is 2.58 bits per heavy atom. The van der Waals surface area contributed by atoms with Gasteiger partial charge in [-0.05, 0) is 45.8 Å². The van der Waals surface area contributed by atoms with E-state index in [0.29, 0.717) is 6.04 Å². The number of nitrogens with zero attached hydrogens (tertiary/aromatic N) is 3. The van der Waals surface area contributed by atoms with E-state index in [1.54, 1.807) is 11.3 Å². The lowest BCUT2D eigenvalue weighted by Crippen LogP contribution is -2.42. The van der Waals surface area contributed by atoms with Crippen molar-refractivity contribution >= 4 is 41.3 Å². The Labute approximate surface area is 168 Å². The van der Waals surface area contributed by atoms with Gasteiger partial charge in [-0.2, -0.15) is 0 Å². The largest absolute Gasteiger partial charge is 0.354 e. The van der Waals surface area contributed by atoms with E-state index in [1.165, 1.54) is 18.0 Å². The number of thiazole rings is 1. The Bertz CT molecular complexity index is 460. The van der Waals surface area contributed by atoms with Crippen LogP contribution in [0.5, 0.6) is 0 Å². The predicted molar refractivity (Wildman–Crippen MR) is 117 cm³/mol. The van der Waals surface area contributed by atoms with E-state index in [0.717, 1.165) is 44.1 Å². The van der Waals surface area contributed by atoms with Gasteiger partial charge in [-0.1, -0.05) is 20.8 Å². The molecule has 0 spiro atoms. The summed E-state index contributed by atoms with van der Waals surface area (Å²) in [5.41, 5.74) is 1.09. The number of aliphatic imine (C=N–C) groups is 1. The first-order chi connectivity index (χ1) is 11.1. The van der Waals surface area contributed by atoms with Crippen LogP contribution in [0.3, 0.4) is 0 Å². The molecule has 2 N–H and O–H groups in total. The molecule has 140 valence electrons. The summed E-state index contributed by atoms with van der Waals surface area (Å²) in [5, 5.41) is 10.1. The van der Waals surface area contributed by atoms with Gasteiger partial charge in [0.25, 0.3) is 0 Å². The molecule has 0 aliphatic heterocycles. The SMILES string of the molecule is CCc1nc(CNC(=NC)NC(C)CCCN(CC)CC)cs1.I. The zero-order valence-electron chi connectivity index (χ0n) is 15.8. The van der Waals surface area contributed by atoms with Gasteiger partial charge in [-0.25, -0.2) is 4.98 Å². The maximum Gasteiger partial charge on any atom is 0.191 e. The lowest BCUT2D eigenvalue weighted by molar-refractivity contribution is 0.292. The van der Waals surface area contributed by atoms with Crippen molar-refractivity contribution in [3.05, 3.63) is 16.1 Å². The highest BCUT2D eigenvalue weighted by Gasteiger charge is 2.07. The Balaban J connectivity index is 0.00000529. The zero-order chi connectivity index (χ0) is 17.1. The molecule has 1 aromatic heterocycles. The monoisotopic (exact) mass is 467 g/mol. The highest BCUT2D eigenvalue weighted by Crippen LogP contribution is 2.09. The lowest BCUT2D eigenvalue weighted by Gasteiger charge is -2.21. The molecule has 5 nitrogen and oxygen atoms in total. The molecule has 0 aromatic carbocycles. The highest BCUT2D eigenvalue weighted by atomic mass is 127. The standard InChI is InChI=1S/C17H33N5S.HI/c1-6-16-21-15(13-23-16)12-19-17(18-5)20-14(4)10-9-11-22(7-2)8-3;/h13-14H,6-12H2,1-5H3,(H2,18,19,20);1H. The van der Waals surface area contributed by atoms with Crippen LogP contribution in [0.2, 0.25) is 0 Å². The van der Waals surface area contributed by atoms with Crippen molar-refractivity contribution in [2.45, 2.75) is 59.5 Å². The molecular weight excluding hydrogens is 433 g/mol. The molecule has 1 unspecified atom stereocenters. The van der Waals surface area contributed by atoms with E-state index < -0.39 is 0 Å². The van der Waals surface area contributed by atoms with Gasteiger partial charge in [0.2, 0.25) is 0 Å². The van der Waals surface area contributed by atoms with Gasteiger partial charge in [0.1, 0.15) is 0 Å². The minimum atomic E-state index is 0. The molecule has 0 amide bonds. The van der Waals surface area contributed by atoms with Crippen molar-refractivity contribution in [2.24, 2.45) is 4.99 Å². The molecule has 0 fully saturated rings. The van der Waals surface area contributed by atoms with Gasteiger partial charge in [0, 0.05) is 18.5 Å². The number of rotatable bonds is 10. The summed E-state index contributed by atoms with van der Waals surface area (Å²) in [6.45, 7) is 13.0. The molecule has 0 radical (unpaired) electrons. The van der Waals surface area contributed by atoms with E-state index in [-0.39, 0.29) is 24.0 Å². The molecular formula is C17H34IN5S. The minimum absolute atomic E-state index is 0. The number of hydrogen-bond donors (Lipinski definition) is 2. The Morgan fingerprint density at radius 1 is 1.33 bits per heavy atom. The Kier molecular flexibility index (Phi) is 13.6. The van der Waals surface area contributed by atoms with Crippen LogP contribution < -0.4 is 10.6 Å². The normalized spacial score (nSPS) is 12.8. The number of aryl methyl sites for hydroxylation is 1. The molecule has 0 saturated carbocycles. The third-order valence-corrected chi connectivity index (χ3v) is 4.99. The van der Waals surface area contributed by atoms with Crippen LogP contribution in [-0.2, 0) is 13.0 Å². The summed E-state index contributed by atoms with van der Waals surface area (Å²) in [6, 6.07) is 0.415. The highest BCUT2D eigenvalue weighted by molar-refractivity contribution is 14.0. The van der Waals surface area contributed by atoms with Gasteiger partial charge in [-0.15, -0.1) is 35.3 Å². The summed E-state index contributed by atoms with van der Waals surface area (Å²) in [7, 11) is 1.82. The summed E-state index contributed by atoms with van der Waals surface area (Å²) < 4.78 is 0. The smallest absolute Gasteiger partial charge is 0.191 e. The average Bonchev–Trinajstić information content (AvgIpc) is 3.03. The second-order valence-corrected chi connectivity index (χ2v) is 6.67. The fourth-order valence-electron chi connectivity index (χ4n) is 2.43. The summed E-state index contributed by atoms with van der Waals surface area (Å²) >= 11 is 1.72. The van der Waals surface area contributed by atoms with Crippen LogP contribution in [0.25, 0.3) is 0 Å². The topological polar surface area (TPSA) is 52.6 Å². The Morgan fingerprint density at radius 2 is 2.04 bits per heavy atom. The van der Waals surface area contributed by atoms with Crippen LogP contribution in [0, 0.1) is 0 Å². The second kappa shape index (κ2) is 13.8. The van der Waals surface area contributed by atoms with E-state index in [9.17, 15) is 0 Å². The second-order valence-electron chi connectivity index (χ2n) is 5.73.